The quantitative estimate of drug-likeness (QED) is 0.781. The van der Waals surface area contributed by atoms with Crippen molar-refractivity contribution in [3.8, 4) is 0 Å². The van der Waals surface area contributed by atoms with Crippen LogP contribution in [-0.4, -0.2) is 40.8 Å². The summed E-state index contributed by atoms with van der Waals surface area (Å²) >= 11 is 0. The van der Waals surface area contributed by atoms with Crippen LogP contribution in [0.2, 0.25) is 0 Å². The number of nitrogens with zero attached hydrogens (tertiary/aromatic N) is 3. The van der Waals surface area contributed by atoms with Gasteiger partial charge in [-0.05, 0) is 19.4 Å². The third-order valence-corrected chi connectivity index (χ3v) is 2.98. The zero-order valence-corrected chi connectivity index (χ0v) is 10.3. The van der Waals surface area contributed by atoms with Crippen molar-refractivity contribution in [2.24, 2.45) is 5.73 Å². The van der Waals surface area contributed by atoms with Gasteiger partial charge < -0.3 is 15.0 Å². The molecule has 0 amide bonds. The lowest BCUT2D eigenvalue weighted by molar-refractivity contribution is 0.0714. The first-order chi connectivity index (χ1) is 8.31. The summed E-state index contributed by atoms with van der Waals surface area (Å²) in [6, 6.07) is 0. The minimum absolute atomic E-state index is 0.296. The molecule has 96 valence electrons. The first-order valence-electron chi connectivity index (χ1n) is 6.17. The molecule has 1 atom stereocenters. The lowest BCUT2D eigenvalue weighted by Crippen LogP contribution is -2.32. The molecule has 2 rings (SSSR count). The second-order valence-corrected chi connectivity index (χ2v) is 4.27. The van der Waals surface area contributed by atoms with Crippen LogP contribution >= 0.6 is 0 Å². The van der Waals surface area contributed by atoms with Crippen molar-refractivity contribution < 1.29 is 9.26 Å². The summed E-state index contributed by atoms with van der Waals surface area (Å²) in [5.41, 5.74) is 5.43. The average molecular weight is 240 g/mol. The third-order valence-electron chi connectivity index (χ3n) is 2.98. The molecule has 1 aliphatic heterocycles. The molecular weight excluding hydrogens is 220 g/mol. The maximum Gasteiger partial charge on any atom is 0.240 e. The summed E-state index contributed by atoms with van der Waals surface area (Å²) in [5.74, 6) is 1.19. The van der Waals surface area contributed by atoms with Crippen LogP contribution in [0.1, 0.15) is 31.5 Å². The summed E-state index contributed by atoms with van der Waals surface area (Å²) in [7, 11) is 0. The van der Waals surface area contributed by atoms with E-state index in [1.807, 2.05) is 0 Å². The van der Waals surface area contributed by atoms with Gasteiger partial charge in [0.25, 0.3) is 0 Å². The van der Waals surface area contributed by atoms with E-state index in [-0.39, 0.29) is 0 Å². The van der Waals surface area contributed by atoms with Crippen LogP contribution in [0.15, 0.2) is 4.52 Å². The Morgan fingerprint density at radius 3 is 3.00 bits per heavy atom. The molecule has 1 unspecified atom stereocenters. The molecule has 2 N–H and O–H groups in total. The lowest BCUT2D eigenvalue weighted by atomic mass is 10.2. The molecule has 17 heavy (non-hydrogen) atoms. The van der Waals surface area contributed by atoms with E-state index in [4.69, 9.17) is 15.0 Å². The molecule has 0 bridgehead atoms. The van der Waals surface area contributed by atoms with Gasteiger partial charge in [-0.25, -0.2) is 0 Å². The van der Waals surface area contributed by atoms with E-state index < -0.39 is 0 Å². The van der Waals surface area contributed by atoms with Gasteiger partial charge in [-0.1, -0.05) is 12.1 Å². The fraction of sp³-hybridized carbons (Fsp3) is 0.818. The fourth-order valence-corrected chi connectivity index (χ4v) is 2.02. The van der Waals surface area contributed by atoms with Crippen LogP contribution in [0.5, 0.6) is 0 Å². The fourth-order valence-electron chi connectivity index (χ4n) is 2.02. The highest BCUT2D eigenvalue weighted by Gasteiger charge is 2.19. The van der Waals surface area contributed by atoms with Crippen LogP contribution in [0.25, 0.3) is 0 Å². The molecule has 6 nitrogen and oxygen atoms in total. The van der Waals surface area contributed by atoms with E-state index in [2.05, 4.69) is 22.0 Å². The largest absolute Gasteiger partial charge is 0.377 e. The van der Waals surface area contributed by atoms with E-state index in [1.165, 1.54) is 6.42 Å². The highest BCUT2D eigenvalue weighted by atomic mass is 16.5. The van der Waals surface area contributed by atoms with Crippen molar-refractivity contribution in [3.63, 3.8) is 0 Å². The van der Waals surface area contributed by atoms with Crippen molar-refractivity contribution in [1.29, 1.82) is 0 Å². The molecule has 1 saturated heterocycles. The molecule has 1 aromatic heterocycles. The number of hydrogen-bond acceptors (Lipinski definition) is 6. The number of likely N-dealkylation sites (N-methyl/N-ethyl adjacent to an activating group) is 1. The minimum atomic E-state index is 0.296. The second kappa shape index (κ2) is 6.09. The summed E-state index contributed by atoms with van der Waals surface area (Å²) in [6.45, 7) is 5.89. The van der Waals surface area contributed by atoms with Gasteiger partial charge in [0.2, 0.25) is 5.89 Å². The molecule has 0 radical (unpaired) electrons. The van der Waals surface area contributed by atoms with Gasteiger partial charge in [-0.2, -0.15) is 4.98 Å². The topological polar surface area (TPSA) is 77.4 Å². The Kier molecular flexibility index (Phi) is 4.47. The first kappa shape index (κ1) is 12.5. The molecule has 0 aliphatic carbocycles. The van der Waals surface area contributed by atoms with Crippen molar-refractivity contribution in [3.05, 3.63) is 11.7 Å². The van der Waals surface area contributed by atoms with Crippen LogP contribution in [0.3, 0.4) is 0 Å². The average Bonchev–Trinajstić information content (AvgIpc) is 2.99. The monoisotopic (exact) mass is 240 g/mol. The smallest absolute Gasteiger partial charge is 0.240 e. The molecule has 1 fully saturated rings. The first-order valence-corrected chi connectivity index (χ1v) is 6.17. The highest BCUT2D eigenvalue weighted by Crippen LogP contribution is 2.14. The standard InChI is InChI=1S/C11H20N4O2/c1-2-15(7-9-4-3-5-16-9)8-10-13-11(6-12)17-14-10/h9H,2-8,12H2,1H3. The normalized spacial score (nSPS) is 20.3. The van der Waals surface area contributed by atoms with E-state index >= 15 is 0 Å². The molecule has 1 aliphatic rings. The van der Waals surface area contributed by atoms with E-state index in [0.717, 1.165) is 26.1 Å². The van der Waals surface area contributed by atoms with Crippen molar-refractivity contribution in [2.45, 2.75) is 39.0 Å². The van der Waals surface area contributed by atoms with Gasteiger partial charge in [0.05, 0.1) is 19.2 Å². The Balaban J connectivity index is 1.85. The molecule has 6 heteroatoms. The zero-order chi connectivity index (χ0) is 12.1. The molecule has 1 aromatic rings. The van der Waals surface area contributed by atoms with Crippen LogP contribution in [0, 0.1) is 0 Å². The molecule has 0 aromatic carbocycles. The lowest BCUT2D eigenvalue weighted by Gasteiger charge is -2.21. The van der Waals surface area contributed by atoms with Gasteiger partial charge in [0.1, 0.15) is 0 Å². The van der Waals surface area contributed by atoms with Gasteiger partial charge in [0, 0.05) is 13.2 Å². The van der Waals surface area contributed by atoms with Crippen LogP contribution in [-0.2, 0) is 17.8 Å². The summed E-state index contributed by atoms with van der Waals surface area (Å²) in [4.78, 5) is 6.47. The second-order valence-electron chi connectivity index (χ2n) is 4.27. The van der Waals surface area contributed by atoms with E-state index in [1.54, 1.807) is 0 Å². The van der Waals surface area contributed by atoms with Crippen molar-refractivity contribution in [1.82, 2.24) is 15.0 Å². The molecule has 0 spiro atoms. The maximum absolute atomic E-state index is 5.62. The van der Waals surface area contributed by atoms with E-state index in [0.29, 0.717) is 30.9 Å². The van der Waals surface area contributed by atoms with E-state index in [9.17, 15) is 0 Å². The van der Waals surface area contributed by atoms with Crippen LogP contribution < -0.4 is 5.73 Å². The Morgan fingerprint density at radius 2 is 2.41 bits per heavy atom. The number of ether oxygens (including phenoxy) is 1. The SMILES string of the molecule is CCN(Cc1noc(CN)n1)CC1CCCO1. The van der Waals surface area contributed by atoms with Gasteiger partial charge >= 0.3 is 0 Å². The number of rotatable bonds is 6. The highest BCUT2D eigenvalue weighted by molar-refractivity contribution is 4.86. The minimum Gasteiger partial charge on any atom is -0.377 e. The Hall–Kier alpha value is -0.980. The predicted molar refractivity (Wildman–Crippen MR) is 62.1 cm³/mol. The van der Waals surface area contributed by atoms with Crippen molar-refractivity contribution in [2.75, 3.05) is 19.7 Å². The maximum atomic E-state index is 5.62. The summed E-state index contributed by atoms with van der Waals surface area (Å²) < 4.78 is 10.6. The van der Waals surface area contributed by atoms with Gasteiger partial charge in [-0.3, -0.25) is 4.90 Å². The van der Waals surface area contributed by atoms with Crippen molar-refractivity contribution >= 4 is 0 Å². The Labute approximate surface area is 101 Å². The number of nitrogens with two attached hydrogens (primary N) is 1. The molecular formula is C11H20N4O2. The molecule has 2 heterocycles. The van der Waals surface area contributed by atoms with Gasteiger partial charge in [-0.15, -0.1) is 0 Å². The summed E-state index contributed by atoms with van der Waals surface area (Å²) in [5, 5.41) is 3.90. The number of aromatic nitrogens is 2. The van der Waals surface area contributed by atoms with Gasteiger partial charge in [0.15, 0.2) is 5.82 Å². The third kappa shape index (κ3) is 3.49. The molecule has 0 saturated carbocycles. The predicted octanol–water partition coefficient (Wildman–Crippen LogP) is 0.529. The zero-order valence-electron chi connectivity index (χ0n) is 10.3. The Bertz CT molecular complexity index is 336. The Morgan fingerprint density at radius 1 is 1.53 bits per heavy atom. The van der Waals surface area contributed by atoms with Crippen LogP contribution in [0.4, 0.5) is 0 Å². The summed E-state index contributed by atoms with van der Waals surface area (Å²) in [6.07, 6.45) is 2.68. The number of hydrogen-bond donors (Lipinski definition) is 1.